The molecule has 0 spiro atoms. The van der Waals surface area contributed by atoms with Gasteiger partial charge in [-0.1, -0.05) is 37.6 Å². The van der Waals surface area contributed by atoms with Crippen LogP contribution in [0.3, 0.4) is 0 Å². The normalized spacial score (nSPS) is 15.1. The van der Waals surface area contributed by atoms with E-state index in [2.05, 4.69) is 27.7 Å². The summed E-state index contributed by atoms with van der Waals surface area (Å²) >= 11 is 0. The first kappa shape index (κ1) is 24.5. The Hall–Kier alpha value is -3.13. The lowest BCUT2D eigenvalue weighted by atomic mass is 10.1. The van der Waals surface area contributed by atoms with Crippen molar-refractivity contribution in [3.05, 3.63) is 65.5 Å². The van der Waals surface area contributed by atoms with Crippen molar-refractivity contribution >= 4 is 11.9 Å². The molecule has 1 unspecified atom stereocenters. The molecule has 0 saturated carbocycles. The molecule has 0 aliphatic carbocycles. The molecule has 0 bridgehead atoms. The molecule has 2 aromatic rings. The van der Waals surface area contributed by atoms with Crippen molar-refractivity contribution in [2.75, 3.05) is 33.3 Å². The highest BCUT2D eigenvalue weighted by Crippen LogP contribution is 2.15. The molecular weight excluding hydrogens is 423 g/mol. The molecule has 0 radical (unpaired) electrons. The Morgan fingerprint density at radius 2 is 1.64 bits per heavy atom. The van der Waals surface area contributed by atoms with Crippen LogP contribution in [0, 0.1) is 5.82 Å². The summed E-state index contributed by atoms with van der Waals surface area (Å²) in [5.74, 6) is 0.476. The first-order chi connectivity index (χ1) is 16.0. The summed E-state index contributed by atoms with van der Waals surface area (Å²) in [6.07, 6.45) is 1.36. The third-order valence-electron chi connectivity index (χ3n) is 5.80. The maximum absolute atomic E-state index is 13.1. The number of carbonyl (C=O) groups excluding carboxylic acids is 2. The van der Waals surface area contributed by atoms with Crippen LogP contribution in [0.1, 0.15) is 30.9 Å². The molecule has 1 fully saturated rings. The number of nitrogens with zero attached hydrogens (tertiary/aromatic N) is 2. The summed E-state index contributed by atoms with van der Waals surface area (Å²) in [5, 5.41) is 5.56. The van der Waals surface area contributed by atoms with E-state index in [0.717, 1.165) is 37.4 Å². The Morgan fingerprint density at radius 1 is 1.00 bits per heavy atom. The molecule has 1 aliphatic rings. The van der Waals surface area contributed by atoms with E-state index in [1.807, 2.05) is 24.0 Å². The average molecular weight is 457 g/mol. The summed E-state index contributed by atoms with van der Waals surface area (Å²) in [4.78, 5) is 29.6. The second-order valence-electron chi connectivity index (χ2n) is 8.24. The van der Waals surface area contributed by atoms with Crippen molar-refractivity contribution < 1.29 is 18.7 Å². The van der Waals surface area contributed by atoms with E-state index >= 15 is 0 Å². The summed E-state index contributed by atoms with van der Waals surface area (Å²) in [7, 11) is 1.65. The van der Waals surface area contributed by atoms with Gasteiger partial charge in [-0.2, -0.15) is 0 Å². The van der Waals surface area contributed by atoms with Gasteiger partial charge in [-0.15, -0.1) is 0 Å². The number of ether oxygens (including phenoxy) is 1. The Kier molecular flexibility index (Phi) is 9.06. The Bertz CT molecular complexity index is 897. The predicted molar refractivity (Wildman–Crippen MR) is 125 cm³/mol. The van der Waals surface area contributed by atoms with Gasteiger partial charge in [-0.25, -0.2) is 9.18 Å². The monoisotopic (exact) mass is 456 g/mol. The van der Waals surface area contributed by atoms with Crippen molar-refractivity contribution in [2.24, 2.45) is 0 Å². The van der Waals surface area contributed by atoms with Crippen LogP contribution in [0.2, 0.25) is 0 Å². The number of methoxy groups -OCH3 is 1. The molecule has 33 heavy (non-hydrogen) atoms. The Balaban J connectivity index is 1.46. The number of hydrogen-bond acceptors (Lipinski definition) is 4. The fourth-order valence-corrected chi connectivity index (χ4v) is 3.88. The smallest absolute Gasteiger partial charge is 0.315 e. The van der Waals surface area contributed by atoms with E-state index in [-0.39, 0.29) is 18.3 Å². The van der Waals surface area contributed by atoms with Gasteiger partial charge in [0.2, 0.25) is 5.91 Å². The van der Waals surface area contributed by atoms with Gasteiger partial charge in [0, 0.05) is 39.3 Å². The largest absolute Gasteiger partial charge is 0.497 e. The van der Waals surface area contributed by atoms with Crippen molar-refractivity contribution in [1.82, 2.24) is 20.4 Å². The first-order valence-electron chi connectivity index (χ1n) is 11.4. The van der Waals surface area contributed by atoms with Crippen LogP contribution in [-0.2, 0) is 17.9 Å². The topological polar surface area (TPSA) is 73.9 Å². The molecule has 0 aromatic heterocycles. The van der Waals surface area contributed by atoms with Gasteiger partial charge in [0.15, 0.2) is 0 Å². The number of halogens is 1. The highest BCUT2D eigenvalue weighted by molar-refractivity contribution is 5.87. The molecular formula is C25H33FN4O3. The van der Waals surface area contributed by atoms with Crippen LogP contribution in [0.25, 0.3) is 0 Å². The zero-order valence-corrected chi connectivity index (χ0v) is 19.4. The molecule has 1 aliphatic heterocycles. The number of carbonyl (C=O) groups is 2. The minimum Gasteiger partial charge on any atom is -0.497 e. The average Bonchev–Trinajstić information content (AvgIpc) is 2.84. The van der Waals surface area contributed by atoms with Gasteiger partial charge in [0.1, 0.15) is 17.6 Å². The number of urea groups is 1. The minimum absolute atomic E-state index is 0.0436. The Morgan fingerprint density at radius 3 is 2.24 bits per heavy atom. The summed E-state index contributed by atoms with van der Waals surface area (Å²) in [6, 6.07) is 13.0. The zero-order valence-electron chi connectivity index (χ0n) is 19.4. The fourth-order valence-electron chi connectivity index (χ4n) is 3.88. The van der Waals surface area contributed by atoms with E-state index in [4.69, 9.17) is 4.74 Å². The number of hydrogen-bond donors (Lipinski definition) is 2. The molecule has 1 heterocycles. The lowest BCUT2D eigenvalue weighted by molar-refractivity contribution is -0.135. The van der Waals surface area contributed by atoms with Gasteiger partial charge in [-0.05, 0) is 41.8 Å². The van der Waals surface area contributed by atoms with Crippen LogP contribution in [0.5, 0.6) is 5.75 Å². The highest BCUT2D eigenvalue weighted by atomic mass is 19.1. The van der Waals surface area contributed by atoms with Gasteiger partial charge >= 0.3 is 6.03 Å². The number of piperazine rings is 1. The summed E-state index contributed by atoms with van der Waals surface area (Å²) in [6.45, 7) is 5.92. The third kappa shape index (κ3) is 7.46. The number of benzene rings is 2. The molecule has 1 atom stereocenters. The van der Waals surface area contributed by atoms with Gasteiger partial charge in [-0.3, -0.25) is 9.69 Å². The van der Waals surface area contributed by atoms with E-state index < -0.39 is 12.1 Å². The van der Waals surface area contributed by atoms with E-state index in [9.17, 15) is 14.0 Å². The maximum Gasteiger partial charge on any atom is 0.315 e. The van der Waals surface area contributed by atoms with Crippen LogP contribution < -0.4 is 15.4 Å². The van der Waals surface area contributed by atoms with E-state index in [1.54, 1.807) is 19.2 Å². The standard InChI is InChI=1S/C25H33FN4O3/c1-3-4-23(28-25(32)27-17-19-5-9-21(26)10-6-19)24(31)30-15-13-29(14-16-30)18-20-7-11-22(33-2)12-8-20/h5-12,23H,3-4,13-18H2,1-2H3,(H2,27,28,32). The van der Waals surface area contributed by atoms with E-state index in [0.29, 0.717) is 19.5 Å². The maximum atomic E-state index is 13.1. The molecule has 1 saturated heterocycles. The lowest BCUT2D eigenvalue weighted by Gasteiger charge is -2.36. The highest BCUT2D eigenvalue weighted by Gasteiger charge is 2.28. The quantitative estimate of drug-likeness (QED) is 0.608. The molecule has 8 heteroatoms. The summed E-state index contributed by atoms with van der Waals surface area (Å²) < 4.78 is 18.2. The van der Waals surface area contributed by atoms with E-state index in [1.165, 1.54) is 17.7 Å². The first-order valence-corrected chi connectivity index (χ1v) is 11.4. The second kappa shape index (κ2) is 12.2. The molecule has 2 N–H and O–H groups in total. The lowest BCUT2D eigenvalue weighted by Crippen LogP contribution is -2.55. The molecule has 2 aromatic carbocycles. The van der Waals surface area contributed by atoms with Crippen LogP contribution >= 0.6 is 0 Å². The van der Waals surface area contributed by atoms with Crippen molar-refractivity contribution in [2.45, 2.75) is 38.9 Å². The SMILES string of the molecule is CCCC(NC(=O)NCc1ccc(F)cc1)C(=O)N1CCN(Cc2ccc(OC)cc2)CC1. The zero-order chi connectivity index (χ0) is 23.6. The van der Waals surface area contributed by atoms with Gasteiger partial charge in [0.25, 0.3) is 0 Å². The number of rotatable bonds is 9. The minimum atomic E-state index is -0.559. The van der Waals surface area contributed by atoms with Gasteiger partial charge in [0.05, 0.1) is 7.11 Å². The van der Waals surface area contributed by atoms with Gasteiger partial charge < -0.3 is 20.3 Å². The Labute approximate surface area is 194 Å². The molecule has 3 rings (SSSR count). The summed E-state index contributed by atoms with van der Waals surface area (Å²) in [5.41, 5.74) is 2.00. The fraction of sp³-hybridized carbons (Fsp3) is 0.440. The van der Waals surface area contributed by atoms with Crippen molar-refractivity contribution in [3.8, 4) is 5.75 Å². The number of amides is 3. The second-order valence-corrected chi connectivity index (χ2v) is 8.24. The third-order valence-corrected chi connectivity index (χ3v) is 5.80. The molecule has 178 valence electrons. The number of nitrogens with one attached hydrogen (secondary N) is 2. The van der Waals surface area contributed by atoms with Crippen LogP contribution in [0.15, 0.2) is 48.5 Å². The van der Waals surface area contributed by atoms with Crippen LogP contribution in [-0.4, -0.2) is 61.1 Å². The van der Waals surface area contributed by atoms with Crippen molar-refractivity contribution in [3.63, 3.8) is 0 Å². The molecule has 3 amide bonds. The van der Waals surface area contributed by atoms with Crippen LogP contribution in [0.4, 0.5) is 9.18 Å². The molecule has 7 nitrogen and oxygen atoms in total. The van der Waals surface area contributed by atoms with Crippen molar-refractivity contribution in [1.29, 1.82) is 0 Å². The predicted octanol–water partition coefficient (Wildman–Crippen LogP) is 3.15.